The fraction of sp³-hybridized carbons (Fsp3) is 0.250. The Morgan fingerprint density at radius 3 is 2.64 bits per heavy atom. The molecule has 0 radical (unpaired) electrons. The average Bonchev–Trinajstić information content (AvgIpc) is 3.01. The van der Waals surface area contributed by atoms with Crippen molar-refractivity contribution in [3.05, 3.63) is 74.5 Å². The smallest absolute Gasteiger partial charge is 0.182 e. The quantitative estimate of drug-likeness (QED) is 0.407. The molecule has 2 aromatic carbocycles. The minimum Gasteiger partial charge on any atom is -0.495 e. The van der Waals surface area contributed by atoms with E-state index < -0.39 is 17.5 Å². The summed E-state index contributed by atoms with van der Waals surface area (Å²) < 4.78 is 48.8. The summed E-state index contributed by atoms with van der Waals surface area (Å²) in [5, 5.41) is 0.486. The van der Waals surface area contributed by atoms with Gasteiger partial charge in [0.05, 0.1) is 23.5 Å². The van der Waals surface area contributed by atoms with E-state index in [1.807, 2.05) is 12.1 Å². The Morgan fingerprint density at radius 1 is 1.14 bits per heavy atom. The molecule has 1 atom stereocenters. The van der Waals surface area contributed by atoms with Gasteiger partial charge < -0.3 is 9.72 Å². The molecule has 1 aliphatic rings. The lowest BCUT2D eigenvalue weighted by Gasteiger charge is -2.25. The maximum Gasteiger partial charge on any atom is 0.182 e. The molecule has 0 saturated carbocycles. The van der Waals surface area contributed by atoms with Gasteiger partial charge in [-0.15, -0.1) is 0 Å². The molecule has 28 heavy (non-hydrogen) atoms. The second-order valence-corrected chi connectivity index (χ2v) is 7.48. The van der Waals surface area contributed by atoms with Gasteiger partial charge in [0, 0.05) is 23.7 Å². The van der Waals surface area contributed by atoms with Gasteiger partial charge in [0.15, 0.2) is 16.4 Å². The summed E-state index contributed by atoms with van der Waals surface area (Å²) in [6.07, 6.45) is 2.42. The summed E-state index contributed by atoms with van der Waals surface area (Å²) in [5.41, 5.74) is 2.41. The number of imidazole rings is 1. The van der Waals surface area contributed by atoms with E-state index in [0.717, 1.165) is 42.3 Å². The van der Waals surface area contributed by atoms with Crippen LogP contribution >= 0.6 is 23.8 Å². The Hall–Kier alpha value is -2.25. The molecule has 1 N–H and O–H groups in total. The molecular formula is C20H16ClF3N2OS. The van der Waals surface area contributed by atoms with E-state index in [1.54, 1.807) is 6.07 Å². The summed E-state index contributed by atoms with van der Waals surface area (Å²) >= 11 is 11.5. The first-order valence-corrected chi connectivity index (χ1v) is 9.51. The number of halogens is 4. The maximum absolute atomic E-state index is 14.5. The first-order valence-electron chi connectivity index (χ1n) is 8.73. The van der Waals surface area contributed by atoms with E-state index in [4.69, 9.17) is 28.6 Å². The van der Waals surface area contributed by atoms with E-state index >= 15 is 0 Å². The van der Waals surface area contributed by atoms with Crippen molar-refractivity contribution in [2.24, 2.45) is 0 Å². The van der Waals surface area contributed by atoms with Crippen molar-refractivity contribution >= 4 is 23.8 Å². The number of rotatable bonds is 3. The number of fused-ring (bicyclic) bond motifs is 1. The molecule has 0 bridgehead atoms. The van der Waals surface area contributed by atoms with Crippen molar-refractivity contribution < 1.29 is 17.9 Å². The third kappa shape index (κ3) is 3.12. The second kappa shape index (κ2) is 7.29. The van der Waals surface area contributed by atoms with Gasteiger partial charge in [-0.3, -0.25) is 4.57 Å². The normalized spacial score (nSPS) is 16.1. The van der Waals surface area contributed by atoms with Crippen molar-refractivity contribution in [3.8, 4) is 11.4 Å². The monoisotopic (exact) mass is 424 g/mol. The lowest BCUT2D eigenvalue weighted by Crippen LogP contribution is -2.16. The molecule has 0 spiro atoms. The van der Waals surface area contributed by atoms with E-state index in [2.05, 4.69) is 4.98 Å². The Labute approximate surface area is 169 Å². The number of hydrogen-bond donors (Lipinski definition) is 1. The lowest BCUT2D eigenvalue weighted by atomic mass is 9.84. The predicted octanol–water partition coefficient (Wildman–Crippen LogP) is 6.08. The number of nitrogens with one attached hydrogen (secondary N) is 1. The van der Waals surface area contributed by atoms with Crippen LogP contribution in [-0.2, 0) is 6.42 Å². The molecule has 146 valence electrons. The highest BCUT2D eigenvalue weighted by atomic mass is 35.5. The van der Waals surface area contributed by atoms with Gasteiger partial charge in [0.2, 0.25) is 0 Å². The number of H-pyrrole nitrogens is 1. The third-order valence-corrected chi connectivity index (χ3v) is 5.67. The second-order valence-electron chi connectivity index (χ2n) is 6.69. The number of benzene rings is 2. The predicted molar refractivity (Wildman–Crippen MR) is 104 cm³/mol. The molecule has 3 aromatic rings. The van der Waals surface area contributed by atoms with Gasteiger partial charge in [-0.25, -0.2) is 13.2 Å². The molecule has 1 aliphatic carbocycles. The van der Waals surface area contributed by atoms with Crippen LogP contribution in [0, 0.1) is 22.2 Å². The number of ether oxygens (including phenoxy) is 1. The molecule has 3 nitrogen and oxygen atoms in total. The molecule has 4 rings (SSSR count). The van der Waals surface area contributed by atoms with Crippen molar-refractivity contribution in [1.82, 2.24) is 9.55 Å². The zero-order chi connectivity index (χ0) is 20.0. The SMILES string of the molecule is COc1cc(C2CCCc3[nH]c(=S)n(-c4cc(F)c(F)cc4F)c32)ccc1Cl. The Balaban J connectivity index is 1.93. The first-order chi connectivity index (χ1) is 13.4. The van der Waals surface area contributed by atoms with E-state index in [-0.39, 0.29) is 16.4 Å². The molecule has 1 heterocycles. The van der Waals surface area contributed by atoms with Crippen molar-refractivity contribution in [2.45, 2.75) is 25.2 Å². The summed E-state index contributed by atoms with van der Waals surface area (Å²) in [7, 11) is 1.53. The maximum atomic E-state index is 14.5. The third-order valence-electron chi connectivity index (χ3n) is 5.07. The number of aryl methyl sites for hydroxylation is 1. The Kier molecular flexibility index (Phi) is 4.97. The van der Waals surface area contributed by atoms with E-state index in [1.165, 1.54) is 11.7 Å². The molecule has 0 amide bonds. The molecule has 0 fully saturated rings. The van der Waals surface area contributed by atoms with Gasteiger partial charge in [-0.1, -0.05) is 17.7 Å². The van der Waals surface area contributed by atoms with Crippen molar-refractivity contribution in [3.63, 3.8) is 0 Å². The number of aromatic nitrogens is 2. The average molecular weight is 425 g/mol. The highest BCUT2D eigenvalue weighted by Crippen LogP contribution is 2.40. The molecule has 1 aromatic heterocycles. The highest BCUT2D eigenvalue weighted by molar-refractivity contribution is 7.71. The number of nitrogens with zero attached hydrogens (tertiary/aromatic N) is 1. The number of aromatic amines is 1. The Morgan fingerprint density at radius 2 is 1.89 bits per heavy atom. The van der Waals surface area contributed by atoms with Crippen molar-refractivity contribution in [1.29, 1.82) is 0 Å². The zero-order valence-corrected chi connectivity index (χ0v) is 16.4. The number of hydrogen-bond acceptors (Lipinski definition) is 2. The summed E-state index contributed by atoms with van der Waals surface area (Å²) in [4.78, 5) is 3.10. The van der Waals surface area contributed by atoms with Gasteiger partial charge in [-0.05, 0) is 49.2 Å². The summed E-state index contributed by atoms with van der Waals surface area (Å²) in [6.45, 7) is 0. The topological polar surface area (TPSA) is 29.9 Å². The van der Waals surface area contributed by atoms with Gasteiger partial charge in [0.25, 0.3) is 0 Å². The minimum absolute atomic E-state index is 0.116. The fourth-order valence-corrected chi connectivity index (χ4v) is 4.32. The van der Waals surface area contributed by atoms with Crippen LogP contribution in [0.2, 0.25) is 5.02 Å². The fourth-order valence-electron chi connectivity index (χ4n) is 3.81. The molecule has 8 heteroatoms. The molecule has 0 saturated heterocycles. The summed E-state index contributed by atoms with van der Waals surface area (Å²) in [5.74, 6) is -2.85. The van der Waals surface area contributed by atoms with Crippen LogP contribution in [0.15, 0.2) is 30.3 Å². The van der Waals surface area contributed by atoms with Crippen molar-refractivity contribution in [2.75, 3.05) is 7.11 Å². The largest absolute Gasteiger partial charge is 0.495 e. The van der Waals surface area contributed by atoms with Crippen LogP contribution < -0.4 is 4.74 Å². The van der Waals surface area contributed by atoms with E-state index in [9.17, 15) is 13.2 Å². The van der Waals surface area contributed by atoms with Crippen LogP contribution in [0.5, 0.6) is 5.75 Å². The highest BCUT2D eigenvalue weighted by Gasteiger charge is 2.29. The first kappa shape index (κ1) is 19.1. The van der Waals surface area contributed by atoms with Crippen LogP contribution in [0.25, 0.3) is 5.69 Å². The number of methoxy groups -OCH3 is 1. The molecule has 0 aliphatic heterocycles. The van der Waals surface area contributed by atoms with Gasteiger partial charge in [-0.2, -0.15) is 0 Å². The van der Waals surface area contributed by atoms with Crippen LogP contribution in [-0.4, -0.2) is 16.7 Å². The molecule has 1 unspecified atom stereocenters. The van der Waals surface area contributed by atoms with Crippen LogP contribution in [0.3, 0.4) is 0 Å². The van der Waals surface area contributed by atoms with Gasteiger partial charge >= 0.3 is 0 Å². The summed E-state index contributed by atoms with van der Waals surface area (Å²) in [6, 6.07) is 6.84. The molecular weight excluding hydrogens is 409 g/mol. The lowest BCUT2D eigenvalue weighted by molar-refractivity contribution is 0.414. The van der Waals surface area contributed by atoms with Crippen LogP contribution in [0.4, 0.5) is 13.2 Å². The van der Waals surface area contributed by atoms with E-state index in [0.29, 0.717) is 16.8 Å². The Bertz CT molecular complexity index is 1130. The standard InChI is InChI=1S/C20H16ClF3N2OS/c1-27-18-7-10(5-6-12(18)21)11-3-2-4-16-19(11)26(20(28)25-16)17-9-14(23)13(22)8-15(17)24/h5-9,11H,2-4H2,1H3,(H,25,28). The minimum atomic E-state index is -1.24. The van der Waals surface area contributed by atoms with Crippen LogP contribution in [0.1, 0.15) is 35.7 Å². The van der Waals surface area contributed by atoms with Gasteiger partial charge in [0.1, 0.15) is 11.6 Å². The zero-order valence-electron chi connectivity index (χ0n) is 14.9.